The van der Waals surface area contributed by atoms with Gasteiger partial charge in [-0.3, -0.25) is 4.79 Å². The van der Waals surface area contributed by atoms with Gasteiger partial charge in [-0.25, -0.2) is 9.18 Å². The minimum Gasteiger partial charge on any atom is -0.508 e. The third-order valence-corrected chi connectivity index (χ3v) is 4.06. The number of hydrogen-bond donors (Lipinski definition) is 1. The molecule has 1 saturated heterocycles. The van der Waals surface area contributed by atoms with Crippen LogP contribution in [0.2, 0.25) is 0 Å². The van der Waals surface area contributed by atoms with Crippen LogP contribution in [0.5, 0.6) is 5.75 Å². The van der Waals surface area contributed by atoms with Crippen LogP contribution in [0.15, 0.2) is 12.1 Å². The van der Waals surface area contributed by atoms with Crippen LogP contribution in [0, 0.1) is 12.7 Å². The van der Waals surface area contributed by atoms with E-state index in [2.05, 4.69) is 0 Å². The lowest BCUT2D eigenvalue weighted by molar-refractivity contribution is 0.00607. The van der Waals surface area contributed by atoms with E-state index in [1.54, 1.807) is 39.5 Å². The number of hydrogen-bond acceptors (Lipinski definition) is 4. The maximum absolute atomic E-state index is 14.1. The number of aryl methyl sites for hydroxylation is 1. The van der Waals surface area contributed by atoms with Gasteiger partial charge < -0.3 is 19.6 Å². The first-order valence-corrected chi connectivity index (χ1v) is 8.27. The molecule has 0 aromatic heterocycles. The molecule has 0 aliphatic carbocycles. The van der Waals surface area contributed by atoms with E-state index in [1.165, 1.54) is 4.90 Å². The summed E-state index contributed by atoms with van der Waals surface area (Å²) in [6.45, 7) is 9.62. The van der Waals surface area contributed by atoms with Crippen molar-refractivity contribution in [3.05, 3.63) is 29.1 Å². The predicted molar refractivity (Wildman–Crippen MR) is 91.1 cm³/mol. The zero-order chi connectivity index (χ0) is 18.9. The molecule has 1 N–H and O–H groups in total. The van der Waals surface area contributed by atoms with E-state index in [0.717, 1.165) is 12.1 Å². The number of amides is 2. The van der Waals surface area contributed by atoms with E-state index in [4.69, 9.17) is 4.74 Å². The Morgan fingerprint density at radius 3 is 2.48 bits per heavy atom. The quantitative estimate of drug-likeness (QED) is 0.844. The SMILES string of the molecule is Cc1cc(F)c(C(=O)N2CCN(C(=O)OC(C)(C)C)C[C@@H]2C)cc1O. The van der Waals surface area contributed by atoms with Crippen molar-refractivity contribution in [3.63, 3.8) is 0 Å². The Kier molecular flexibility index (Phi) is 5.25. The molecule has 0 unspecified atom stereocenters. The van der Waals surface area contributed by atoms with Crippen LogP contribution in [0.4, 0.5) is 9.18 Å². The van der Waals surface area contributed by atoms with Crippen molar-refractivity contribution in [2.45, 2.75) is 46.3 Å². The van der Waals surface area contributed by atoms with Crippen LogP contribution in [0.3, 0.4) is 0 Å². The molecule has 2 rings (SSSR count). The number of phenols is 1. The molecule has 1 aliphatic heterocycles. The molecule has 1 fully saturated rings. The van der Waals surface area contributed by atoms with Crippen LogP contribution >= 0.6 is 0 Å². The van der Waals surface area contributed by atoms with Crippen molar-refractivity contribution in [1.82, 2.24) is 9.80 Å². The number of carbonyl (C=O) groups excluding carboxylic acids is 2. The van der Waals surface area contributed by atoms with Crippen LogP contribution in [-0.2, 0) is 4.74 Å². The van der Waals surface area contributed by atoms with Gasteiger partial charge in [0.2, 0.25) is 0 Å². The number of nitrogens with zero attached hydrogens (tertiary/aromatic N) is 2. The van der Waals surface area contributed by atoms with Gasteiger partial charge in [0.1, 0.15) is 17.2 Å². The average molecular weight is 352 g/mol. The second-order valence-electron chi connectivity index (χ2n) is 7.39. The Labute approximate surface area is 147 Å². The molecule has 25 heavy (non-hydrogen) atoms. The molecule has 1 aromatic rings. The van der Waals surface area contributed by atoms with Crippen LogP contribution in [0.25, 0.3) is 0 Å². The monoisotopic (exact) mass is 352 g/mol. The summed E-state index contributed by atoms with van der Waals surface area (Å²) in [4.78, 5) is 27.8. The largest absolute Gasteiger partial charge is 0.508 e. The zero-order valence-corrected chi connectivity index (χ0v) is 15.3. The Bertz CT molecular complexity index is 684. The fraction of sp³-hybridized carbons (Fsp3) is 0.556. The topological polar surface area (TPSA) is 70.1 Å². The smallest absolute Gasteiger partial charge is 0.410 e. The maximum Gasteiger partial charge on any atom is 0.410 e. The lowest BCUT2D eigenvalue weighted by Crippen LogP contribution is -2.56. The van der Waals surface area contributed by atoms with Crippen molar-refractivity contribution < 1.29 is 23.8 Å². The summed E-state index contributed by atoms with van der Waals surface area (Å²) in [7, 11) is 0. The number of benzene rings is 1. The summed E-state index contributed by atoms with van der Waals surface area (Å²) in [5.41, 5.74) is -0.381. The van der Waals surface area contributed by atoms with Gasteiger partial charge in [-0.1, -0.05) is 0 Å². The Hall–Kier alpha value is -2.31. The molecule has 1 aliphatic rings. The standard InChI is InChI=1S/C18H25FN2O4/c1-11-8-14(19)13(9-15(11)22)16(23)21-7-6-20(10-12(21)2)17(24)25-18(3,4)5/h8-9,12,22H,6-7,10H2,1-5H3/t12-/m0/s1. The Morgan fingerprint density at radius 2 is 1.92 bits per heavy atom. The van der Waals surface area contributed by atoms with Crippen LogP contribution in [-0.4, -0.2) is 58.2 Å². The van der Waals surface area contributed by atoms with Gasteiger partial charge in [-0.2, -0.15) is 0 Å². The van der Waals surface area contributed by atoms with Crippen molar-refractivity contribution in [1.29, 1.82) is 0 Å². The summed E-state index contributed by atoms with van der Waals surface area (Å²) >= 11 is 0. The van der Waals surface area contributed by atoms with Gasteiger partial charge in [0.15, 0.2) is 0 Å². The lowest BCUT2D eigenvalue weighted by atomic mass is 10.1. The van der Waals surface area contributed by atoms with E-state index >= 15 is 0 Å². The minimum atomic E-state index is -0.665. The zero-order valence-electron chi connectivity index (χ0n) is 15.3. The van der Waals surface area contributed by atoms with E-state index in [1.807, 2.05) is 0 Å². The second kappa shape index (κ2) is 6.90. The number of phenolic OH excluding ortho intramolecular Hbond substituents is 1. The molecule has 0 bridgehead atoms. The van der Waals surface area contributed by atoms with Crippen molar-refractivity contribution >= 4 is 12.0 Å². The molecular weight excluding hydrogens is 327 g/mol. The normalized spacial score (nSPS) is 18.2. The Balaban J connectivity index is 2.10. The third kappa shape index (κ3) is 4.41. The first-order valence-electron chi connectivity index (χ1n) is 8.27. The second-order valence-corrected chi connectivity index (χ2v) is 7.39. The molecule has 6 nitrogen and oxygen atoms in total. The fourth-order valence-electron chi connectivity index (χ4n) is 2.73. The molecule has 0 saturated carbocycles. The van der Waals surface area contributed by atoms with Crippen molar-refractivity contribution in [2.75, 3.05) is 19.6 Å². The Morgan fingerprint density at radius 1 is 1.28 bits per heavy atom. The number of aromatic hydroxyl groups is 1. The van der Waals surface area contributed by atoms with Crippen molar-refractivity contribution in [3.8, 4) is 5.75 Å². The van der Waals surface area contributed by atoms with Crippen LogP contribution in [0.1, 0.15) is 43.6 Å². The van der Waals surface area contributed by atoms with E-state index in [-0.39, 0.29) is 23.9 Å². The molecular formula is C18H25FN2O4. The van der Waals surface area contributed by atoms with Gasteiger partial charge in [-0.15, -0.1) is 0 Å². The van der Waals surface area contributed by atoms with Gasteiger partial charge >= 0.3 is 6.09 Å². The highest BCUT2D eigenvalue weighted by Gasteiger charge is 2.33. The summed E-state index contributed by atoms with van der Waals surface area (Å²) in [5.74, 6) is -1.28. The van der Waals surface area contributed by atoms with Gasteiger partial charge in [0, 0.05) is 25.7 Å². The fourth-order valence-corrected chi connectivity index (χ4v) is 2.73. The molecule has 0 spiro atoms. The van der Waals surface area contributed by atoms with E-state index in [9.17, 15) is 19.1 Å². The number of halogens is 1. The molecule has 1 heterocycles. The predicted octanol–water partition coefficient (Wildman–Crippen LogP) is 2.92. The number of piperazine rings is 1. The van der Waals surface area contributed by atoms with E-state index in [0.29, 0.717) is 18.7 Å². The molecule has 7 heteroatoms. The van der Waals surface area contributed by atoms with Gasteiger partial charge in [-0.05, 0) is 52.3 Å². The molecule has 2 amide bonds. The first-order chi connectivity index (χ1) is 11.5. The highest BCUT2D eigenvalue weighted by Crippen LogP contribution is 2.24. The third-order valence-electron chi connectivity index (χ3n) is 4.06. The minimum absolute atomic E-state index is 0.121. The lowest BCUT2D eigenvalue weighted by Gasteiger charge is -2.40. The molecule has 138 valence electrons. The van der Waals surface area contributed by atoms with Gasteiger partial charge in [0.05, 0.1) is 5.56 Å². The number of carbonyl (C=O) groups is 2. The first kappa shape index (κ1) is 19.0. The summed E-state index contributed by atoms with van der Waals surface area (Å²) in [5, 5.41) is 9.75. The summed E-state index contributed by atoms with van der Waals surface area (Å²) < 4.78 is 19.5. The maximum atomic E-state index is 14.1. The molecule has 0 radical (unpaired) electrons. The molecule has 1 atom stereocenters. The molecule has 1 aromatic carbocycles. The average Bonchev–Trinajstić information content (AvgIpc) is 2.48. The number of rotatable bonds is 1. The number of ether oxygens (including phenoxy) is 1. The van der Waals surface area contributed by atoms with Gasteiger partial charge in [0.25, 0.3) is 5.91 Å². The highest BCUT2D eigenvalue weighted by atomic mass is 19.1. The highest BCUT2D eigenvalue weighted by molar-refractivity contribution is 5.95. The van der Waals surface area contributed by atoms with E-state index < -0.39 is 23.4 Å². The summed E-state index contributed by atoms with van der Waals surface area (Å²) in [6, 6.07) is 2.00. The summed E-state index contributed by atoms with van der Waals surface area (Å²) in [6.07, 6.45) is -0.425. The van der Waals surface area contributed by atoms with Crippen LogP contribution < -0.4 is 0 Å². The van der Waals surface area contributed by atoms with Crippen molar-refractivity contribution in [2.24, 2.45) is 0 Å².